The quantitative estimate of drug-likeness (QED) is 0.122. The van der Waals surface area contributed by atoms with E-state index in [1.165, 1.54) is 38.5 Å². The fourth-order valence-corrected chi connectivity index (χ4v) is 9.48. The van der Waals surface area contributed by atoms with Gasteiger partial charge in [0.25, 0.3) is 0 Å². The summed E-state index contributed by atoms with van der Waals surface area (Å²) in [5, 5.41) is 35.0. The lowest BCUT2D eigenvalue weighted by Gasteiger charge is -2.49. The lowest BCUT2D eigenvalue weighted by molar-refractivity contribution is -0.192. The van der Waals surface area contributed by atoms with Crippen molar-refractivity contribution in [3.05, 3.63) is 59.2 Å². The Morgan fingerprint density at radius 3 is 2.21 bits per heavy atom. The van der Waals surface area contributed by atoms with Gasteiger partial charge < -0.3 is 24.8 Å². The van der Waals surface area contributed by atoms with Gasteiger partial charge in [-0.1, -0.05) is 109 Å². The molecule has 2 bridgehead atoms. The molecule has 5 rings (SSSR count). The largest absolute Gasteiger partial charge is 0.458 e. The number of carbonyl (C=O) groups excluding carboxylic acids is 3. The molecule has 1 aromatic rings. The molecule has 0 amide bonds. The van der Waals surface area contributed by atoms with E-state index in [2.05, 4.69) is 6.92 Å². The smallest absolute Gasteiger partial charge is 0.338 e. The van der Waals surface area contributed by atoms with Gasteiger partial charge in [-0.3, -0.25) is 9.59 Å². The Bertz CT molecular complexity index is 1400. The topological polar surface area (TPSA) is 130 Å². The van der Waals surface area contributed by atoms with Crippen molar-refractivity contribution in [2.24, 2.45) is 28.6 Å². The van der Waals surface area contributed by atoms with E-state index in [-0.39, 0.29) is 29.3 Å². The Hall–Kier alpha value is -2.81. The van der Waals surface area contributed by atoms with Gasteiger partial charge in [-0.05, 0) is 49.0 Å². The molecular weight excluding hydrogens is 596 g/mol. The molecule has 2 saturated carbocycles. The minimum Gasteiger partial charge on any atom is -0.458 e. The predicted molar refractivity (Wildman–Crippen MR) is 178 cm³/mol. The van der Waals surface area contributed by atoms with Crippen LogP contribution in [0.3, 0.4) is 0 Å². The fourth-order valence-electron chi connectivity index (χ4n) is 9.48. The molecule has 0 radical (unpaired) electrons. The van der Waals surface area contributed by atoms with E-state index >= 15 is 0 Å². The lowest BCUT2D eigenvalue weighted by Crippen LogP contribution is -2.66. The molecule has 1 aromatic carbocycles. The SMILES string of the molecule is CCCCCCCCCCCC(=O)O[C@@]12C[C@@H](C)[C@]34C=C(C)[C@H](OC(=O)c5ccccc5)[C@]3(O)[C@H](O)C(CO)=C[C@H](C4=O)[C@@H]1C2(C)C. The summed E-state index contributed by atoms with van der Waals surface area (Å²) >= 11 is 0. The Kier molecular flexibility index (Phi) is 10.3. The van der Waals surface area contributed by atoms with Crippen molar-refractivity contribution in [2.75, 3.05) is 6.61 Å². The number of ketones is 1. The van der Waals surface area contributed by atoms with Crippen LogP contribution in [0.5, 0.6) is 0 Å². The summed E-state index contributed by atoms with van der Waals surface area (Å²) in [6.07, 6.45) is 11.1. The third-order valence-corrected chi connectivity index (χ3v) is 12.0. The highest BCUT2D eigenvalue weighted by molar-refractivity contribution is 5.96. The number of esters is 2. The van der Waals surface area contributed by atoms with Gasteiger partial charge in [0.05, 0.1) is 17.6 Å². The maximum atomic E-state index is 14.9. The first-order valence-corrected chi connectivity index (χ1v) is 17.8. The molecule has 3 N–H and O–H groups in total. The van der Waals surface area contributed by atoms with Crippen molar-refractivity contribution in [3.63, 3.8) is 0 Å². The summed E-state index contributed by atoms with van der Waals surface area (Å²) in [6.45, 7) is 9.14. The van der Waals surface area contributed by atoms with E-state index in [0.29, 0.717) is 12.0 Å². The van der Waals surface area contributed by atoms with Crippen molar-refractivity contribution in [1.82, 2.24) is 0 Å². The number of Topliss-reactive ketones (excluding diaryl/α,β-unsaturated/α-hetero) is 1. The summed E-state index contributed by atoms with van der Waals surface area (Å²) in [7, 11) is 0. The molecule has 0 heterocycles. The highest BCUT2D eigenvalue weighted by Gasteiger charge is 2.83. The van der Waals surface area contributed by atoms with Crippen LogP contribution in [0.4, 0.5) is 0 Å². The van der Waals surface area contributed by atoms with E-state index in [9.17, 15) is 29.7 Å². The molecule has 8 atom stereocenters. The van der Waals surface area contributed by atoms with Gasteiger partial charge in [-0.25, -0.2) is 4.79 Å². The minimum atomic E-state index is -2.29. The molecule has 1 spiro atoms. The van der Waals surface area contributed by atoms with Crippen LogP contribution in [0, 0.1) is 28.6 Å². The zero-order valence-electron chi connectivity index (χ0n) is 28.8. The first-order valence-electron chi connectivity index (χ1n) is 17.8. The van der Waals surface area contributed by atoms with Crippen LogP contribution in [0.2, 0.25) is 0 Å². The fraction of sp³-hybridized carbons (Fsp3) is 0.667. The van der Waals surface area contributed by atoms with Crippen molar-refractivity contribution in [2.45, 2.75) is 129 Å². The van der Waals surface area contributed by atoms with E-state index < -0.39 is 64.6 Å². The van der Waals surface area contributed by atoms with Gasteiger partial charge in [0.15, 0.2) is 17.5 Å². The second kappa shape index (κ2) is 13.6. The van der Waals surface area contributed by atoms with Gasteiger partial charge in [-0.2, -0.15) is 0 Å². The van der Waals surface area contributed by atoms with Crippen LogP contribution >= 0.6 is 0 Å². The number of fused-ring (bicyclic) bond motifs is 3. The average molecular weight is 651 g/mol. The number of aliphatic hydroxyl groups excluding tert-OH is 2. The summed E-state index contributed by atoms with van der Waals surface area (Å²) in [5.41, 5.74) is -4.67. The zero-order chi connectivity index (χ0) is 34.2. The number of benzene rings is 1. The Morgan fingerprint density at radius 2 is 1.60 bits per heavy atom. The van der Waals surface area contributed by atoms with Gasteiger partial charge in [0.1, 0.15) is 11.7 Å². The molecule has 0 saturated heterocycles. The average Bonchev–Trinajstić information content (AvgIpc) is 3.44. The molecule has 4 aliphatic rings. The van der Waals surface area contributed by atoms with E-state index in [1.54, 1.807) is 49.4 Å². The maximum Gasteiger partial charge on any atom is 0.338 e. The predicted octanol–water partition coefficient (Wildman–Crippen LogP) is 6.27. The zero-order valence-corrected chi connectivity index (χ0v) is 28.8. The van der Waals surface area contributed by atoms with Crippen LogP contribution < -0.4 is 0 Å². The molecule has 8 nitrogen and oxygen atoms in total. The van der Waals surface area contributed by atoms with Gasteiger partial charge in [0.2, 0.25) is 0 Å². The second-order valence-corrected chi connectivity index (χ2v) is 15.2. The third kappa shape index (κ3) is 5.72. The standard InChI is InChI=1S/C39H54O8/c1-6-7-8-9-10-11-12-13-17-20-30(41)47-38-23-26(3)37-22-25(2)34(46-35(44)27-18-15-14-16-19-27)39(37,45)32(42)28(24-40)21-29(33(37)43)31(38)36(38,4)5/h14-16,18-19,21-22,26,29,31-32,34,40,42,45H,6-13,17,20,23-24H2,1-5H3/t26-,29+,31-,32-,34+,37+,38+,39-/m1/s1. The molecule has 0 aliphatic heterocycles. The molecule has 0 aromatic heterocycles. The molecular formula is C39H54O8. The maximum absolute atomic E-state index is 14.9. The number of allylic oxidation sites excluding steroid dienone is 1. The van der Waals surface area contributed by atoms with Crippen LogP contribution in [-0.4, -0.2) is 63.1 Å². The second-order valence-electron chi connectivity index (χ2n) is 15.2. The number of carbonyl (C=O) groups is 3. The van der Waals surface area contributed by atoms with E-state index in [0.717, 1.165) is 19.3 Å². The highest BCUT2D eigenvalue weighted by Crippen LogP contribution is 2.75. The van der Waals surface area contributed by atoms with Crippen LogP contribution in [0.1, 0.15) is 116 Å². The Morgan fingerprint density at radius 1 is 0.979 bits per heavy atom. The van der Waals surface area contributed by atoms with E-state index in [1.807, 2.05) is 20.8 Å². The Balaban J connectivity index is 1.40. The minimum absolute atomic E-state index is 0.0864. The number of rotatable bonds is 14. The summed E-state index contributed by atoms with van der Waals surface area (Å²) in [6, 6.07) is 8.35. The molecule has 2 fully saturated rings. The number of hydrogen-bond donors (Lipinski definition) is 3. The number of aliphatic hydroxyl groups is 3. The molecule has 4 aliphatic carbocycles. The highest BCUT2D eigenvalue weighted by atomic mass is 16.6. The number of unbranched alkanes of at least 4 members (excludes halogenated alkanes) is 8. The van der Waals surface area contributed by atoms with Crippen molar-refractivity contribution in [3.8, 4) is 0 Å². The van der Waals surface area contributed by atoms with Crippen LogP contribution in [0.25, 0.3) is 0 Å². The van der Waals surface area contributed by atoms with Gasteiger partial charge in [0, 0.05) is 23.7 Å². The van der Waals surface area contributed by atoms with Gasteiger partial charge in [-0.15, -0.1) is 0 Å². The number of hydrogen-bond acceptors (Lipinski definition) is 8. The van der Waals surface area contributed by atoms with E-state index in [4.69, 9.17) is 9.47 Å². The molecule has 258 valence electrons. The third-order valence-electron chi connectivity index (χ3n) is 12.0. The van der Waals surface area contributed by atoms with Crippen molar-refractivity contribution >= 4 is 17.7 Å². The van der Waals surface area contributed by atoms with Crippen molar-refractivity contribution in [1.29, 1.82) is 0 Å². The summed E-state index contributed by atoms with van der Waals surface area (Å²) in [5.74, 6) is -3.16. The molecule has 47 heavy (non-hydrogen) atoms. The first kappa shape index (κ1) is 35.5. The van der Waals surface area contributed by atoms with Crippen molar-refractivity contribution < 1.29 is 39.2 Å². The molecule has 0 unspecified atom stereocenters. The van der Waals surface area contributed by atoms with Crippen LogP contribution in [-0.2, 0) is 19.1 Å². The Labute approximate surface area is 279 Å². The lowest BCUT2D eigenvalue weighted by atomic mass is 9.59. The normalized spacial score (nSPS) is 35.1. The summed E-state index contributed by atoms with van der Waals surface area (Å²) in [4.78, 5) is 41.6. The van der Waals surface area contributed by atoms with Gasteiger partial charge >= 0.3 is 11.9 Å². The molecule has 8 heteroatoms. The van der Waals surface area contributed by atoms with Crippen LogP contribution in [0.15, 0.2) is 53.6 Å². The summed E-state index contributed by atoms with van der Waals surface area (Å²) < 4.78 is 12.3. The monoisotopic (exact) mass is 650 g/mol. The number of ether oxygens (including phenoxy) is 2. The first-order chi connectivity index (χ1) is 22.3.